The molecular weight excluding hydrogens is 440 g/mol. The van der Waals surface area contributed by atoms with Gasteiger partial charge in [-0.2, -0.15) is 0 Å². The van der Waals surface area contributed by atoms with Crippen LogP contribution < -0.4 is 33.2 Å². The molecule has 33 heavy (non-hydrogen) atoms. The standard InChI is InChI=1S/C18H28N8O7/c1-8(15(29)26-12(18(32)33)5-14(21)28)24-17(31)11(2-3-13(20)27)25-16(30)10(19)4-9-6-22-7-23-9/h6-8,10-12H,2-5,19H2,1H3,(H2,20,27)(H2,21,28)(H,22,23)(H,24,31)(H,25,30)(H,26,29)(H,32,33). The molecule has 0 spiro atoms. The molecule has 15 heteroatoms. The molecule has 0 radical (unpaired) electrons. The van der Waals surface area contributed by atoms with Gasteiger partial charge in [-0.25, -0.2) is 9.78 Å². The number of nitrogens with one attached hydrogen (secondary N) is 4. The first kappa shape index (κ1) is 27.0. The SMILES string of the molecule is CC(NC(=O)C(CCC(N)=O)NC(=O)C(N)Cc1cnc[nH]1)C(=O)NC(CC(N)=O)C(=O)O. The molecule has 0 aromatic carbocycles. The van der Waals surface area contributed by atoms with Crippen LogP contribution in [0, 0.1) is 0 Å². The van der Waals surface area contributed by atoms with Crippen molar-refractivity contribution in [3.05, 3.63) is 18.2 Å². The normalized spacial score (nSPS) is 14.2. The summed E-state index contributed by atoms with van der Waals surface area (Å²) in [5.41, 5.74) is 16.5. The summed E-state index contributed by atoms with van der Waals surface area (Å²) in [6.07, 6.45) is 1.94. The van der Waals surface area contributed by atoms with Gasteiger partial charge >= 0.3 is 5.97 Å². The molecule has 0 bridgehead atoms. The second kappa shape index (κ2) is 12.7. The van der Waals surface area contributed by atoms with Crippen LogP contribution in [0.25, 0.3) is 0 Å². The molecule has 4 unspecified atom stereocenters. The summed E-state index contributed by atoms with van der Waals surface area (Å²) in [5.74, 6) is -5.58. The number of primary amides is 2. The van der Waals surface area contributed by atoms with Gasteiger partial charge in [0.15, 0.2) is 0 Å². The number of aromatic nitrogens is 2. The third-order valence-electron chi connectivity index (χ3n) is 4.42. The fourth-order valence-electron chi connectivity index (χ4n) is 2.64. The highest BCUT2D eigenvalue weighted by molar-refractivity contribution is 5.94. The van der Waals surface area contributed by atoms with Crippen LogP contribution in [0.2, 0.25) is 0 Å². The lowest BCUT2D eigenvalue weighted by Gasteiger charge is -2.23. The van der Waals surface area contributed by atoms with Crippen molar-refractivity contribution < 1.29 is 33.9 Å². The van der Waals surface area contributed by atoms with E-state index < -0.39 is 66.1 Å². The molecule has 1 rings (SSSR count). The third-order valence-corrected chi connectivity index (χ3v) is 4.42. The van der Waals surface area contributed by atoms with Gasteiger partial charge in [-0.1, -0.05) is 0 Å². The molecule has 182 valence electrons. The van der Waals surface area contributed by atoms with Gasteiger partial charge in [0.05, 0.1) is 18.8 Å². The Morgan fingerprint density at radius 3 is 2.15 bits per heavy atom. The Kier molecular flexibility index (Phi) is 10.4. The van der Waals surface area contributed by atoms with Gasteiger partial charge in [-0.05, 0) is 13.3 Å². The molecule has 5 amide bonds. The van der Waals surface area contributed by atoms with Gasteiger partial charge in [0, 0.05) is 24.7 Å². The van der Waals surface area contributed by atoms with Crippen LogP contribution >= 0.6 is 0 Å². The topological polar surface area (TPSA) is 265 Å². The Labute approximate surface area is 188 Å². The first-order chi connectivity index (χ1) is 15.4. The van der Waals surface area contributed by atoms with Crippen molar-refractivity contribution in [3.63, 3.8) is 0 Å². The number of H-pyrrole nitrogens is 1. The monoisotopic (exact) mass is 468 g/mol. The maximum atomic E-state index is 12.6. The van der Waals surface area contributed by atoms with Gasteiger partial charge in [-0.15, -0.1) is 0 Å². The molecule has 1 aromatic heterocycles. The Hall–Kier alpha value is -4.01. The van der Waals surface area contributed by atoms with E-state index in [0.29, 0.717) is 5.69 Å². The number of nitrogens with two attached hydrogens (primary N) is 3. The summed E-state index contributed by atoms with van der Waals surface area (Å²) in [7, 11) is 0. The lowest BCUT2D eigenvalue weighted by atomic mass is 10.1. The minimum Gasteiger partial charge on any atom is -0.480 e. The van der Waals surface area contributed by atoms with Crippen LogP contribution in [-0.4, -0.2) is 74.7 Å². The summed E-state index contributed by atoms with van der Waals surface area (Å²) in [5, 5.41) is 15.9. The second-order valence-corrected chi connectivity index (χ2v) is 7.25. The molecule has 4 atom stereocenters. The number of nitrogens with zero attached hydrogens (tertiary/aromatic N) is 1. The van der Waals surface area contributed by atoms with Crippen LogP contribution in [0.1, 0.15) is 31.9 Å². The van der Waals surface area contributed by atoms with E-state index in [4.69, 9.17) is 22.3 Å². The van der Waals surface area contributed by atoms with Crippen molar-refractivity contribution in [2.24, 2.45) is 17.2 Å². The third kappa shape index (κ3) is 9.77. The highest BCUT2D eigenvalue weighted by atomic mass is 16.4. The number of hydrogen-bond donors (Lipinski definition) is 8. The molecule has 0 aliphatic rings. The molecule has 11 N–H and O–H groups in total. The quantitative estimate of drug-likeness (QED) is 0.132. The molecule has 0 saturated carbocycles. The summed E-state index contributed by atoms with van der Waals surface area (Å²) in [4.78, 5) is 77.1. The van der Waals surface area contributed by atoms with Crippen LogP contribution in [0.15, 0.2) is 12.5 Å². The second-order valence-electron chi connectivity index (χ2n) is 7.25. The van der Waals surface area contributed by atoms with Crippen LogP contribution in [-0.2, 0) is 35.2 Å². The van der Waals surface area contributed by atoms with Gasteiger partial charge in [-0.3, -0.25) is 24.0 Å². The van der Waals surface area contributed by atoms with Crippen molar-refractivity contribution in [2.75, 3.05) is 0 Å². The molecule has 0 fully saturated rings. The number of hydrogen-bond acceptors (Lipinski definition) is 8. The Bertz CT molecular complexity index is 873. The Morgan fingerprint density at radius 1 is 1.00 bits per heavy atom. The molecule has 15 nitrogen and oxygen atoms in total. The first-order valence-electron chi connectivity index (χ1n) is 9.84. The maximum absolute atomic E-state index is 12.6. The predicted molar refractivity (Wildman–Crippen MR) is 112 cm³/mol. The predicted octanol–water partition coefficient (Wildman–Crippen LogP) is -4.02. The van der Waals surface area contributed by atoms with E-state index in [9.17, 15) is 28.8 Å². The van der Waals surface area contributed by atoms with E-state index in [0.717, 1.165) is 0 Å². The van der Waals surface area contributed by atoms with Crippen LogP contribution in [0.4, 0.5) is 0 Å². The van der Waals surface area contributed by atoms with Gasteiger partial charge in [0.1, 0.15) is 18.1 Å². The number of aliphatic carboxylic acids is 1. The summed E-state index contributed by atoms with van der Waals surface area (Å²) in [6, 6.07) is -5.13. The zero-order valence-corrected chi connectivity index (χ0v) is 17.9. The number of rotatable bonds is 14. The minimum absolute atomic E-state index is 0.102. The van der Waals surface area contributed by atoms with E-state index in [1.165, 1.54) is 19.4 Å². The van der Waals surface area contributed by atoms with E-state index in [1.807, 2.05) is 0 Å². The molecular formula is C18H28N8O7. The van der Waals surface area contributed by atoms with E-state index in [2.05, 4.69) is 25.9 Å². The minimum atomic E-state index is -1.58. The van der Waals surface area contributed by atoms with Gasteiger partial charge in [0.2, 0.25) is 29.5 Å². The summed E-state index contributed by atoms with van der Waals surface area (Å²) >= 11 is 0. The van der Waals surface area contributed by atoms with Crippen LogP contribution in [0.5, 0.6) is 0 Å². The first-order valence-corrected chi connectivity index (χ1v) is 9.84. The summed E-state index contributed by atoms with van der Waals surface area (Å²) < 4.78 is 0. The fourth-order valence-corrected chi connectivity index (χ4v) is 2.64. The number of amides is 5. The number of carbonyl (C=O) groups is 6. The highest BCUT2D eigenvalue weighted by Gasteiger charge is 2.29. The van der Waals surface area contributed by atoms with Crippen molar-refractivity contribution >= 4 is 35.5 Å². The zero-order chi connectivity index (χ0) is 25.1. The number of carbonyl (C=O) groups excluding carboxylic acids is 5. The largest absolute Gasteiger partial charge is 0.480 e. The lowest BCUT2D eigenvalue weighted by Crippen LogP contribution is -2.56. The number of carboxylic acids is 1. The van der Waals surface area contributed by atoms with Crippen molar-refractivity contribution in [1.29, 1.82) is 0 Å². The smallest absolute Gasteiger partial charge is 0.326 e. The Morgan fingerprint density at radius 2 is 1.64 bits per heavy atom. The molecule has 1 heterocycles. The average Bonchev–Trinajstić information content (AvgIpc) is 3.22. The molecule has 1 aromatic rings. The van der Waals surface area contributed by atoms with E-state index in [1.54, 1.807) is 0 Å². The Balaban J connectivity index is 2.78. The number of aromatic amines is 1. The average molecular weight is 468 g/mol. The molecule has 0 saturated heterocycles. The highest BCUT2D eigenvalue weighted by Crippen LogP contribution is 2.02. The maximum Gasteiger partial charge on any atom is 0.326 e. The number of carboxylic acid groups (broad SMARTS) is 1. The molecule has 0 aliphatic carbocycles. The van der Waals surface area contributed by atoms with Crippen molar-refractivity contribution in [2.45, 2.75) is 56.8 Å². The van der Waals surface area contributed by atoms with Crippen LogP contribution in [0.3, 0.4) is 0 Å². The fraction of sp³-hybridized carbons (Fsp3) is 0.500. The molecule has 0 aliphatic heterocycles. The van der Waals surface area contributed by atoms with Crippen molar-refractivity contribution in [1.82, 2.24) is 25.9 Å². The zero-order valence-electron chi connectivity index (χ0n) is 17.9. The van der Waals surface area contributed by atoms with Gasteiger partial charge < -0.3 is 43.2 Å². The van der Waals surface area contributed by atoms with Crippen molar-refractivity contribution in [3.8, 4) is 0 Å². The number of imidazole rings is 1. The van der Waals surface area contributed by atoms with E-state index >= 15 is 0 Å². The van der Waals surface area contributed by atoms with E-state index in [-0.39, 0.29) is 19.3 Å². The van der Waals surface area contributed by atoms with Gasteiger partial charge in [0.25, 0.3) is 0 Å². The summed E-state index contributed by atoms with van der Waals surface area (Å²) in [6.45, 7) is 1.26. The lowest BCUT2D eigenvalue weighted by molar-refractivity contribution is -0.143.